The number of ketones is 1. The fourth-order valence-corrected chi connectivity index (χ4v) is 4.66. The first-order valence-electron chi connectivity index (χ1n) is 9.19. The van der Waals surface area contributed by atoms with Gasteiger partial charge in [0.05, 0.1) is 10.5 Å². The quantitative estimate of drug-likeness (QED) is 0.339. The number of nitrogens with zero attached hydrogens (tertiary/aromatic N) is 1. The zero-order chi connectivity index (χ0) is 21.6. The third-order valence-electron chi connectivity index (χ3n) is 4.52. The summed E-state index contributed by atoms with van der Waals surface area (Å²) in [5, 5.41) is 0. The van der Waals surface area contributed by atoms with Crippen LogP contribution in [0.3, 0.4) is 0 Å². The van der Waals surface area contributed by atoms with Crippen LogP contribution in [0.5, 0.6) is 0 Å². The molecule has 0 bridgehead atoms. The number of hydrogen-bond acceptors (Lipinski definition) is 6. The largest absolute Gasteiger partial charge is 0.454 e. The molecule has 6 nitrogen and oxygen atoms in total. The summed E-state index contributed by atoms with van der Waals surface area (Å²) >= 11 is 1.57. The van der Waals surface area contributed by atoms with E-state index in [-0.39, 0.29) is 16.2 Å². The van der Waals surface area contributed by atoms with Crippen molar-refractivity contribution in [2.75, 3.05) is 26.0 Å². The Morgan fingerprint density at radius 3 is 2.21 bits per heavy atom. The number of aryl methyl sites for hydroxylation is 1. The molecule has 0 aliphatic heterocycles. The highest BCUT2D eigenvalue weighted by atomic mass is 32.2. The molecule has 0 N–H and O–H groups in total. The normalized spacial score (nSPS) is 11.5. The molecule has 2 rings (SSSR count). The summed E-state index contributed by atoms with van der Waals surface area (Å²) < 4.78 is 31.9. The number of hydrogen-bond donors (Lipinski definition) is 0. The lowest BCUT2D eigenvalue weighted by Gasteiger charge is -2.19. The number of carbonyl (C=O) groups is 2. The number of esters is 1. The third-order valence-corrected chi connectivity index (χ3v) is 7.31. The summed E-state index contributed by atoms with van der Waals surface area (Å²) in [4.78, 5) is 25.8. The maximum atomic E-state index is 12.7. The van der Waals surface area contributed by atoms with Crippen molar-refractivity contribution in [1.29, 1.82) is 0 Å². The monoisotopic (exact) mass is 435 g/mol. The van der Waals surface area contributed by atoms with Gasteiger partial charge in [-0.1, -0.05) is 32.0 Å². The van der Waals surface area contributed by atoms with Crippen LogP contribution in [0.4, 0.5) is 0 Å². The van der Waals surface area contributed by atoms with Crippen LogP contribution in [-0.2, 0) is 14.8 Å². The van der Waals surface area contributed by atoms with Gasteiger partial charge in [-0.05, 0) is 43.0 Å². The Labute approximate surface area is 176 Å². The summed E-state index contributed by atoms with van der Waals surface area (Å²) in [6, 6.07) is 11.4. The van der Waals surface area contributed by atoms with Crippen LogP contribution in [0.15, 0.2) is 52.3 Å². The van der Waals surface area contributed by atoms with E-state index in [9.17, 15) is 18.0 Å². The highest BCUT2D eigenvalue weighted by Gasteiger charge is 2.24. The molecular formula is C21H25NO5S2. The average Bonchev–Trinajstić information content (AvgIpc) is 2.72. The van der Waals surface area contributed by atoms with Crippen molar-refractivity contribution in [3.8, 4) is 0 Å². The minimum absolute atomic E-state index is 0.0257. The van der Waals surface area contributed by atoms with Crippen molar-refractivity contribution >= 4 is 33.5 Å². The summed E-state index contributed by atoms with van der Waals surface area (Å²) in [5.41, 5.74) is 1.15. The molecule has 2 aromatic rings. The van der Waals surface area contributed by atoms with Crippen LogP contribution in [0.25, 0.3) is 0 Å². The summed E-state index contributed by atoms with van der Waals surface area (Å²) in [7, 11) is -3.70. The van der Waals surface area contributed by atoms with E-state index in [0.717, 1.165) is 4.90 Å². The van der Waals surface area contributed by atoms with E-state index < -0.39 is 22.6 Å². The molecule has 0 saturated carbocycles. The molecule has 0 atom stereocenters. The molecule has 0 saturated heterocycles. The van der Waals surface area contributed by atoms with Gasteiger partial charge in [-0.2, -0.15) is 4.31 Å². The lowest BCUT2D eigenvalue weighted by Crippen LogP contribution is -2.30. The van der Waals surface area contributed by atoms with Crippen molar-refractivity contribution in [1.82, 2.24) is 4.31 Å². The standard InChI is InChI=1S/C21H25NO5S2/c1-5-22(6-2)29(25,26)18-12-7-15(3)19(13-18)21(24)27-14-20(23)16-8-10-17(28-4)11-9-16/h7-13H,5-6,14H2,1-4H3. The molecule has 0 aromatic heterocycles. The summed E-state index contributed by atoms with van der Waals surface area (Å²) in [6.45, 7) is 5.44. The third kappa shape index (κ3) is 5.46. The zero-order valence-corrected chi connectivity index (χ0v) is 18.6. The molecule has 0 radical (unpaired) electrons. The van der Waals surface area contributed by atoms with E-state index in [4.69, 9.17) is 4.74 Å². The zero-order valence-electron chi connectivity index (χ0n) is 17.0. The first-order chi connectivity index (χ1) is 13.7. The van der Waals surface area contributed by atoms with Crippen LogP contribution in [-0.4, -0.2) is 50.4 Å². The SMILES string of the molecule is CCN(CC)S(=O)(=O)c1ccc(C)c(C(=O)OCC(=O)c2ccc(SC)cc2)c1. The first kappa shape index (κ1) is 23.1. The average molecular weight is 436 g/mol. The number of ether oxygens (including phenoxy) is 1. The van der Waals surface area contributed by atoms with Gasteiger partial charge in [0.15, 0.2) is 12.4 Å². The van der Waals surface area contributed by atoms with Crippen molar-refractivity contribution in [2.45, 2.75) is 30.6 Å². The number of rotatable bonds is 9. The summed E-state index contributed by atoms with van der Waals surface area (Å²) in [6.07, 6.45) is 1.94. The van der Waals surface area contributed by atoms with E-state index in [1.807, 2.05) is 18.4 Å². The van der Waals surface area contributed by atoms with Gasteiger partial charge in [-0.25, -0.2) is 13.2 Å². The highest BCUT2D eigenvalue weighted by molar-refractivity contribution is 7.98. The smallest absolute Gasteiger partial charge is 0.338 e. The van der Waals surface area contributed by atoms with Gasteiger partial charge in [-0.15, -0.1) is 11.8 Å². The Kier molecular flexibility index (Phi) is 8.01. The Bertz CT molecular complexity index is 981. The number of sulfonamides is 1. The van der Waals surface area contributed by atoms with Gasteiger partial charge in [0.2, 0.25) is 10.0 Å². The lowest BCUT2D eigenvalue weighted by molar-refractivity contribution is 0.0473. The molecule has 0 aliphatic rings. The number of carbonyl (C=O) groups excluding carboxylic acids is 2. The number of Topliss-reactive ketones (excluding diaryl/α,β-unsaturated/α-hetero) is 1. The Hall–Kier alpha value is -2.16. The second kappa shape index (κ2) is 10.0. The second-order valence-corrected chi connectivity index (χ2v) is 9.11. The van der Waals surface area contributed by atoms with Crippen molar-refractivity contribution in [3.63, 3.8) is 0 Å². The van der Waals surface area contributed by atoms with E-state index in [1.54, 1.807) is 50.7 Å². The predicted molar refractivity (Wildman–Crippen MR) is 114 cm³/mol. The van der Waals surface area contributed by atoms with Crippen molar-refractivity contribution in [3.05, 3.63) is 59.2 Å². The molecule has 156 valence electrons. The molecule has 8 heteroatoms. The van der Waals surface area contributed by atoms with Crippen LogP contribution >= 0.6 is 11.8 Å². The lowest BCUT2D eigenvalue weighted by atomic mass is 10.1. The molecule has 0 aliphatic carbocycles. The topological polar surface area (TPSA) is 80.8 Å². The van der Waals surface area contributed by atoms with Gasteiger partial charge in [-0.3, -0.25) is 4.79 Å². The minimum atomic E-state index is -3.70. The highest BCUT2D eigenvalue weighted by Crippen LogP contribution is 2.20. The van der Waals surface area contributed by atoms with Crippen molar-refractivity contribution < 1.29 is 22.7 Å². The van der Waals surface area contributed by atoms with Crippen molar-refractivity contribution in [2.24, 2.45) is 0 Å². The van der Waals surface area contributed by atoms with Crippen LogP contribution in [0.1, 0.15) is 40.1 Å². The first-order valence-corrected chi connectivity index (χ1v) is 11.9. The van der Waals surface area contributed by atoms with Crippen LogP contribution in [0.2, 0.25) is 0 Å². The Morgan fingerprint density at radius 1 is 1.03 bits per heavy atom. The minimum Gasteiger partial charge on any atom is -0.454 e. The van der Waals surface area contributed by atoms with Gasteiger partial charge in [0, 0.05) is 23.5 Å². The van der Waals surface area contributed by atoms with Gasteiger partial charge in [0.25, 0.3) is 0 Å². The molecule has 0 fully saturated rings. The van der Waals surface area contributed by atoms with Gasteiger partial charge < -0.3 is 4.74 Å². The van der Waals surface area contributed by atoms with Gasteiger partial charge in [0.1, 0.15) is 0 Å². The molecule has 0 spiro atoms. The van der Waals surface area contributed by atoms with Crippen LogP contribution < -0.4 is 0 Å². The predicted octanol–water partition coefficient (Wildman–Crippen LogP) is 3.79. The fourth-order valence-electron chi connectivity index (χ4n) is 2.76. The van der Waals surface area contributed by atoms with E-state index in [2.05, 4.69) is 0 Å². The molecule has 0 heterocycles. The Morgan fingerprint density at radius 2 is 1.66 bits per heavy atom. The molecule has 0 amide bonds. The molecular weight excluding hydrogens is 410 g/mol. The summed E-state index contributed by atoms with van der Waals surface area (Å²) in [5.74, 6) is -1.05. The number of thioether (sulfide) groups is 1. The van der Waals surface area contributed by atoms with Gasteiger partial charge >= 0.3 is 5.97 Å². The van der Waals surface area contributed by atoms with E-state index >= 15 is 0 Å². The van der Waals surface area contributed by atoms with E-state index in [1.165, 1.54) is 16.4 Å². The second-order valence-electron chi connectivity index (χ2n) is 6.29. The number of benzene rings is 2. The maximum Gasteiger partial charge on any atom is 0.338 e. The molecule has 29 heavy (non-hydrogen) atoms. The molecule has 0 unspecified atom stereocenters. The molecule has 2 aromatic carbocycles. The maximum absolute atomic E-state index is 12.7. The van der Waals surface area contributed by atoms with Crippen LogP contribution in [0, 0.1) is 6.92 Å². The Balaban J connectivity index is 2.17. The fraction of sp³-hybridized carbons (Fsp3) is 0.333. The van der Waals surface area contributed by atoms with E-state index in [0.29, 0.717) is 24.2 Å².